The molecule has 0 atom stereocenters. The zero-order valence-electron chi connectivity index (χ0n) is 14.7. The summed E-state index contributed by atoms with van der Waals surface area (Å²) >= 11 is 0. The minimum absolute atomic E-state index is 0.902. The first kappa shape index (κ1) is 18.3. The summed E-state index contributed by atoms with van der Waals surface area (Å²) in [6.45, 7) is 9.69. The standard InChI is InChI=1S/C21H31N/c1-18(2)10-8-11-19(3)12-9-13-20(4)16-17-22-21-14-6-5-7-15-21/h5-7,10,12,14-16,22H,8-9,11,13,17H2,1-4H3/b19-12+,20-16+. The normalized spacial score (nSPS) is 12.2. The number of para-hydroxylation sites is 1. The minimum atomic E-state index is 0.902. The molecule has 1 aromatic rings. The Balaban J connectivity index is 2.22. The second-order valence-corrected chi connectivity index (χ2v) is 6.21. The molecule has 1 rings (SSSR count). The molecule has 0 heterocycles. The van der Waals surface area contributed by atoms with Gasteiger partial charge in [0.1, 0.15) is 0 Å². The maximum absolute atomic E-state index is 3.41. The van der Waals surface area contributed by atoms with E-state index < -0.39 is 0 Å². The van der Waals surface area contributed by atoms with Crippen molar-refractivity contribution in [1.82, 2.24) is 0 Å². The van der Waals surface area contributed by atoms with Crippen LogP contribution in [-0.4, -0.2) is 6.54 Å². The molecule has 0 aromatic heterocycles. The molecule has 0 amide bonds. The van der Waals surface area contributed by atoms with Crippen LogP contribution in [0.1, 0.15) is 53.4 Å². The van der Waals surface area contributed by atoms with Gasteiger partial charge in [-0.05, 0) is 65.5 Å². The number of nitrogens with one attached hydrogen (secondary N) is 1. The highest BCUT2D eigenvalue weighted by Crippen LogP contribution is 2.11. The van der Waals surface area contributed by atoms with Gasteiger partial charge < -0.3 is 5.32 Å². The lowest BCUT2D eigenvalue weighted by molar-refractivity contribution is 0.916. The fourth-order valence-corrected chi connectivity index (χ4v) is 2.24. The summed E-state index contributed by atoms with van der Waals surface area (Å²) in [5.41, 5.74) is 5.56. The minimum Gasteiger partial charge on any atom is -0.382 e. The third kappa shape index (κ3) is 9.23. The van der Waals surface area contributed by atoms with Gasteiger partial charge in [0.15, 0.2) is 0 Å². The zero-order valence-corrected chi connectivity index (χ0v) is 14.7. The van der Waals surface area contributed by atoms with Crippen LogP contribution in [0.25, 0.3) is 0 Å². The van der Waals surface area contributed by atoms with Gasteiger partial charge in [0.25, 0.3) is 0 Å². The molecule has 0 aliphatic carbocycles. The maximum atomic E-state index is 3.41. The molecule has 0 fully saturated rings. The van der Waals surface area contributed by atoms with Crippen molar-refractivity contribution in [2.75, 3.05) is 11.9 Å². The van der Waals surface area contributed by atoms with Crippen LogP contribution >= 0.6 is 0 Å². The second kappa shape index (κ2) is 10.9. The number of anilines is 1. The van der Waals surface area contributed by atoms with E-state index in [1.54, 1.807) is 0 Å². The van der Waals surface area contributed by atoms with Gasteiger partial charge in [-0.3, -0.25) is 0 Å². The van der Waals surface area contributed by atoms with Gasteiger partial charge in [0.05, 0.1) is 0 Å². The summed E-state index contributed by atoms with van der Waals surface area (Å²) in [6.07, 6.45) is 11.6. The maximum Gasteiger partial charge on any atom is 0.0342 e. The monoisotopic (exact) mass is 297 g/mol. The van der Waals surface area contributed by atoms with Crippen LogP contribution < -0.4 is 5.32 Å². The van der Waals surface area contributed by atoms with Gasteiger partial charge >= 0.3 is 0 Å². The molecule has 0 aliphatic heterocycles. The van der Waals surface area contributed by atoms with Crippen LogP contribution in [0.5, 0.6) is 0 Å². The highest BCUT2D eigenvalue weighted by Gasteiger charge is 1.92. The van der Waals surface area contributed by atoms with Gasteiger partial charge in [0, 0.05) is 12.2 Å². The molecular formula is C21H31N. The molecule has 1 nitrogen and oxygen atoms in total. The van der Waals surface area contributed by atoms with E-state index in [4.69, 9.17) is 0 Å². The summed E-state index contributed by atoms with van der Waals surface area (Å²) in [5.74, 6) is 0. The van der Waals surface area contributed by atoms with E-state index in [0.29, 0.717) is 0 Å². The number of hydrogen-bond donors (Lipinski definition) is 1. The Morgan fingerprint density at radius 1 is 0.818 bits per heavy atom. The van der Waals surface area contributed by atoms with Crippen molar-refractivity contribution in [2.45, 2.75) is 53.4 Å². The predicted molar refractivity (Wildman–Crippen MR) is 100 cm³/mol. The van der Waals surface area contributed by atoms with Crippen molar-refractivity contribution in [3.63, 3.8) is 0 Å². The van der Waals surface area contributed by atoms with Crippen LogP contribution in [-0.2, 0) is 0 Å². The highest BCUT2D eigenvalue weighted by atomic mass is 14.8. The average molecular weight is 297 g/mol. The van der Waals surface area contributed by atoms with Gasteiger partial charge in [-0.1, -0.05) is 53.1 Å². The summed E-state index contributed by atoms with van der Waals surface area (Å²) in [6, 6.07) is 10.4. The Hall–Kier alpha value is -1.76. The Morgan fingerprint density at radius 3 is 2.05 bits per heavy atom. The van der Waals surface area contributed by atoms with E-state index in [-0.39, 0.29) is 0 Å². The molecule has 1 N–H and O–H groups in total. The molecule has 0 unspecified atom stereocenters. The lowest BCUT2D eigenvalue weighted by Gasteiger charge is -2.04. The molecule has 0 spiro atoms. The Morgan fingerprint density at radius 2 is 1.41 bits per heavy atom. The van der Waals surface area contributed by atoms with Crippen molar-refractivity contribution < 1.29 is 0 Å². The van der Waals surface area contributed by atoms with E-state index in [0.717, 1.165) is 19.4 Å². The fraction of sp³-hybridized carbons (Fsp3) is 0.429. The van der Waals surface area contributed by atoms with Crippen LogP contribution in [0.3, 0.4) is 0 Å². The number of allylic oxidation sites excluding steroid dienone is 5. The first-order valence-electron chi connectivity index (χ1n) is 8.31. The van der Waals surface area contributed by atoms with Crippen molar-refractivity contribution in [3.05, 3.63) is 65.3 Å². The van der Waals surface area contributed by atoms with Crippen LogP contribution in [0.4, 0.5) is 5.69 Å². The van der Waals surface area contributed by atoms with Crippen molar-refractivity contribution in [2.24, 2.45) is 0 Å². The highest BCUT2D eigenvalue weighted by molar-refractivity contribution is 5.43. The third-order valence-corrected chi connectivity index (χ3v) is 3.65. The van der Waals surface area contributed by atoms with Crippen LogP contribution in [0.2, 0.25) is 0 Å². The van der Waals surface area contributed by atoms with Crippen molar-refractivity contribution >= 4 is 5.69 Å². The summed E-state index contributed by atoms with van der Waals surface area (Å²) in [4.78, 5) is 0. The molecular weight excluding hydrogens is 266 g/mol. The van der Waals surface area contributed by atoms with Crippen LogP contribution in [0, 0.1) is 0 Å². The number of hydrogen-bond acceptors (Lipinski definition) is 1. The number of benzene rings is 1. The van der Waals surface area contributed by atoms with Gasteiger partial charge in [0.2, 0.25) is 0 Å². The summed E-state index contributed by atoms with van der Waals surface area (Å²) < 4.78 is 0. The SMILES string of the molecule is CC(C)=CCC/C(C)=C/CC/C(C)=C/CNc1ccccc1. The van der Waals surface area contributed by atoms with Gasteiger partial charge in [-0.15, -0.1) is 0 Å². The average Bonchev–Trinajstić information content (AvgIpc) is 2.48. The first-order chi connectivity index (χ1) is 10.6. The lowest BCUT2D eigenvalue weighted by Crippen LogP contribution is -1.98. The Bertz CT molecular complexity index is 502. The van der Waals surface area contributed by atoms with Gasteiger partial charge in [-0.25, -0.2) is 0 Å². The van der Waals surface area contributed by atoms with Crippen molar-refractivity contribution in [1.29, 1.82) is 0 Å². The largest absolute Gasteiger partial charge is 0.382 e. The molecule has 0 saturated heterocycles. The first-order valence-corrected chi connectivity index (χ1v) is 8.31. The van der Waals surface area contributed by atoms with Crippen molar-refractivity contribution in [3.8, 4) is 0 Å². The third-order valence-electron chi connectivity index (χ3n) is 3.65. The van der Waals surface area contributed by atoms with E-state index in [1.807, 2.05) is 6.07 Å². The van der Waals surface area contributed by atoms with Gasteiger partial charge in [-0.2, -0.15) is 0 Å². The predicted octanol–water partition coefficient (Wildman–Crippen LogP) is 6.52. The molecule has 0 saturated carbocycles. The Labute approximate surface area is 136 Å². The fourth-order valence-electron chi connectivity index (χ4n) is 2.24. The van der Waals surface area contributed by atoms with E-state index >= 15 is 0 Å². The molecule has 1 heteroatoms. The lowest BCUT2D eigenvalue weighted by atomic mass is 10.1. The molecule has 0 bridgehead atoms. The molecule has 0 aliphatic rings. The van der Waals surface area contributed by atoms with E-state index in [9.17, 15) is 0 Å². The van der Waals surface area contributed by atoms with E-state index in [1.165, 1.54) is 35.2 Å². The molecule has 1 aromatic carbocycles. The summed E-state index contributed by atoms with van der Waals surface area (Å²) in [5, 5.41) is 3.41. The molecule has 22 heavy (non-hydrogen) atoms. The Kier molecular flexibility index (Phi) is 9.06. The zero-order chi connectivity index (χ0) is 16.2. The topological polar surface area (TPSA) is 12.0 Å². The van der Waals surface area contributed by atoms with E-state index in [2.05, 4.69) is 75.5 Å². The molecule has 120 valence electrons. The summed E-state index contributed by atoms with van der Waals surface area (Å²) in [7, 11) is 0. The second-order valence-electron chi connectivity index (χ2n) is 6.21. The quantitative estimate of drug-likeness (QED) is 0.512. The molecule has 0 radical (unpaired) electrons. The smallest absolute Gasteiger partial charge is 0.0342 e. The van der Waals surface area contributed by atoms with Crippen LogP contribution in [0.15, 0.2) is 65.3 Å². The number of rotatable bonds is 9.